The Balaban J connectivity index is 2.12. The maximum atomic E-state index is 12.0. The van der Waals surface area contributed by atoms with Crippen molar-refractivity contribution in [3.05, 3.63) is 40.9 Å². The molecule has 0 unspecified atom stereocenters. The van der Waals surface area contributed by atoms with Crippen molar-refractivity contribution in [2.75, 3.05) is 6.54 Å². The zero-order valence-corrected chi connectivity index (χ0v) is 11.3. The maximum Gasteiger partial charge on any atom is 0.326 e. The first-order valence-corrected chi connectivity index (χ1v) is 6.51. The van der Waals surface area contributed by atoms with E-state index in [1.54, 1.807) is 24.3 Å². The van der Waals surface area contributed by atoms with Crippen LogP contribution >= 0.6 is 11.6 Å². The van der Waals surface area contributed by atoms with Crippen LogP contribution in [0.25, 0.3) is 6.08 Å². The lowest BCUT2D eigenvalue weighted by atomic mass is 10.2. The summed E-state index contributed by atoms with van der Waals surface area (Å²) >= 11 is 5.96. The molecule has 0 spiro atoms. The summed E-state index contributed by atoms with van der Waals surface area (Å²) in [7, 11) is 0. The fourth-order valence-corrected chi connectivity index (χ4v) is 2.36. The number of carboxylic acids is 1. The summed E-state index contributed by atoms with van der Waals surface area (Å²) in [6, 6.07) is 6.04. The molecule has 5 nitrogen and oxygen atoms in total. The zero-order valence-electron chi connectivity index (χ0n) is 10.6. The van der Waals surface area contributed by atoms with Crippen molar-refractivity contribution >= 4 is 29.6 Å². The van der Waals surface area contributed by atoms with Crippen molar-refractivity contribution < 1.29 is 19.8 Å². The summed E-state index contributed by atoms with van der Waals surface area (Å²) in [5, 5.41) is 19.0. The highest BCUT2D eigenvalue weighted by Crippen LogP contribution is 2.20. The zero-order chi connectivity index (χ0) is 14.7. The Labute approximate surface area is 121 Å². The van der Waals surface area contributed by atoms with Crippen LogP contribution in [0.4, 0.5) is 0 Å². The summed E-state index contributed by atoms with van der Waals surface area (Å²) in [4.78, 5) is 24.2. The van der Waals surface area contributed by atoms with Gasteiger partial charge in [0.25, 0.3) is 0 Å². The number of β-amino-alcohol motifs (C(OH)–C–C–N with tert-alkyl or cyclic N) is 1. The van der Waals surface area contributed by atoms with E-state index in [1.165, 1.54) is 12.2 Å². The first kappa shape index (κ1) is 14.6. The van der Waals surface area contributed by atoms with Crippen LogP contribution in [-0.2, 0) is 9.59 Å². The molecule has 1 saturated heterocycles. The summed E-state index contributed by atoms with van der Waals surface area (Å²) in [6.45, 7) is 0.0304. The molecule has 0 bridgehead atoms. The summed E-state index contributed by atoms with van der Waals surface area (Å²) in [6.07, 6.45) is 2.07. The van der Waals surface area contributed by atoms with Gasteiger partial charge in [-0.3, -0.25) is 4.79 Å². The summed E-state index contributed by atoms with van der Waals surface area (Å²) in [5.74, 6) is -1.56. The van der Waals surface area contributed by atoms with Crippen molar-refractivity contribution in [3.63, 3.8) is 0 Å². The van der Waals surface area contributed by atoms with Gasteiger partial charge in [-0.15, -0.1) is 0 Å². The number of carboxylic acid groups (broad SMARTS) is 1. The molecule has 1 aromatic carbocycles. The van der Waals surface area contributed by atoms with Gasteiger partial charge in [0, 0.05) is 24.1 Å². The number of aliphatic hydroxyl groups excluding tert-OH is 1. The Morgan fingerprint density at radius 2 is 2.05 bits per heavy atom. The summed E-state index contributed by atoms with van der Waals surface area (Å²) < 4.78 is 0. The van der Waals surface area contributed by atoms with E-state index >= 15 is 0 Å². The average molecular weight is 296 g/mol. The quantitative estimate of drug-likeness (QED) is 0.826. The first-order valence-electron chi connectivity index (χ1n) is 6.13. The Morgan fingerprint density at radius 1 is 1.35 bits per heavy atom. The fraction of sp³-hybridized carbons (Fsp3) is 0.286. The van der Waals surface area contributed by atoms with Crippen molar-refractivity contribution in [1.82, 2.24) is 4.90 Å². The molecule has 106 valence electrons. The molecule has 1 fully saturated rings. The molecule has 1 amide bonds. The molecule has 2 atom stereocenters. The molecule has 0 aliphatic carbocycles. The lowest BCUT2D eigenvalue weighted by Crippen LogP contribution is -2.39. The van der Waals surface area contributed by atoms with Crippen LogP contribution in [0.15, 0.2) is 30.3 Å². The SMILES string of the molecule is O=C(O)[C@H]1C[C@@H](O)CN1C(=O)C=Cc1ccccc1Cl. The van der Waals surface area contributed by atoms with Crippen LogP contribution in [0.5, 0.6) is 0 Å². The number of carbonyl (C=O) groups is 2. The van der Waals surface area contributed by atoms with Crippen LogP contribution in [0.2, 0.25) is 5.02 Å². The second-order valence-electron chi connectivity index (χ2n) is 4.59. The fourth-order valence-electron chi connectivity index (χ4n) is 2.16. The van der Waals surface area contributed by atoms with Crippen LogP contribution in [0.3, 0.4) is 0 Å². The molecule has 6 heteroatoms. The lowest BCUT2D eigenvalue weighted by Gasteiger charge is -2.19. The normalized spacial score (nSPS) is 22.4. The largest absolute Gasteiger partial charge is 0.480 e. The molecule has 2 rings (SSSR count). The van der Waals surface area contributed by atoms with Crippen molar-refractivity contribution in [2.45, 2.75) is 18.6 Å². The maximum absolute atomic E-state index is 12.0. The van der Waals surface area contributed by atoms with Gasteiger partial charge in [0.2, 0.25) is 5.91 Å². The van der Waals surface area contributed by atoms with Gasteiger partial charge in [-0.2, -0.15) is 0 Å². The van der Waals surface area contributed by atoms with Gasteiger partial charge < -0.3 is 15.1 Å². The molecule has 20 heavy (non-hydrogen) atoms. The minimum absolute atomic E-state index is 0.0304. The number of hydrogen-bond donors (Lipinski definition) is 2. The molecule has 0 aromatic heterocycles. The third-order valence-electron chi connectivity index (χ3n) is 3.16. The Morgan fingerprint density at radius 3 is 2.70 bits per heavy atom. The third-order valence-corrected chi connectivity index (χ3v) is 3.50. The van der Waals surface area contributed by atoms with E-state index in [4.69, 9.17) is 16.7 Å². The Bertz CT molecular complexity index is 558. The number of likely N-dealkylation sites (tertiary alicyclic amines) is 1. The van der Waals surface area contributed by atoms with E-state index in [0.717, 1.165) is 4.90 Å². The molecule has 1 heterocycles. The first-order chi connectivity index (χ1) is 9.49. The highest BCUT2D eigenvalue weighted by Gasteiger charge is 2.37. The minimum Gasteiger partial charge on any atom is -0.480 e. The highest BCUT2D eigenvalue weighted by molar-refractivity contribution is 6.32. The Kier molecular flexibility index (Phi) is 4.42. The molecule has 2 N–H and O–H groups in total. The van der Waals surface area contributed by atoms with E-state index in [2.05, 4.69) is 0 Å². The van der Waals surface area contributed by atoms with Crippen molar-refractivity contribution in [2.24, 2.45) is 0 Å². The number of amides is 1. The second-order valence-corrected chi connectivity index (χ2v) is 5.00. The molecular weight excluding hydrogens is 282 g/mol. The van der Waals surface area contributed by atoms with Crippen molar-refractivity contribution in [3.8, 4) is 0 Å². The van der Waals surface area contributed by atoms with E-state index < -0.39 is 24.0 Å². The third kappa shape index (κ3) is 3.18. The summed E-state index contributed by atoms with van der Waals surface area (Å²) in [5.41, 5.74) is 0.675. The lowest BCUT2D eigenvalue weighted by molar-refractivity contribution is -0.146. The molecule has 1 aromatic rings. The van der Waals surface area contributed by atoms with Crippen LogP contribution < -0.4 is 0 Å². The van der Waals surface area contributed by atoms with Gasteiger partial charge in [-0.05, 0) is 17.7 Å². The van der Waals surface area contributed by atoms with Gasteiger partial charge in [0.1, 0.15) is 6.04 Å². The monoisotopic (exact) mass is 295 g/mol. The van der Waals surface area contributed by atoms with Gasteiger partial charge >= 0.3 is 5.97 Å². The second kappa shape index (κ2) is 6.07. The standard InChI is InChI=1S/C14H14ClNO4/c15-11-4-2-1-3-9(11)5-6-13(18)16-8-10(17)7-12(16)14(19)20/h1-6,10,12,17H,7-8H2,(H,19,20)/t10-,12-/m1/s1. The van der Waals surface area contributed by atoms with Gasteiger partial charge in [-0.25, -0.2) is 4.79 Å². The van der Waals surface area contributed by atoms with E-state index in [9.17, 15) is 14.7 Å². The van der Waals surface area contributed by atoms with Crippen LogP contribution in [0, 0.1) is 0 Å². The number of aliphatic hydroxyl groups is 1. The molecule has 0 radical (unpaired) electrons. The molecule has 1 aliphatic heterocycles. The van der Waals surface area contributed by atoms with E-state index in [1.807, 2.05) is 0 Å². The number of benzene rings is 1. The average Bonchev–Trinajstić information content (AvgIpc) is 2.80. The molecule has 1 aliphatic rings. The number of nitrogens with zero attached hydrogens (tertiary/aromatic N) is 1. The van der Waals surface area contributed by atoms with Crippen LogP contribution in [0.1, 0.15) is 12.0 Å². The number of carbonyl (C=O) groups excluding carboxylic acids is 1. The van der Waals surface area contributed by atoms with E-state index in [0.29, 0.717) is 10.6 Å². The van der Waals surface area contributed by atoms with Gasteiger partial charge in [0.15, 0.2) is 0 Å². The topological polar surface area (TPSA) is 77.8 Å². The van der Waals surface area contributed by atoms with Gasteiger partial charge in [0.05, 0.1) is 6.10 Å². The number of halogens is 1. The smallest absolute Gasteiger partial charge is 0.326 e. The minimum atomic E-state index is -1.11. The van der Waals surface area contributed by atoms with Crippen LogP contribution in [-0.4, -0.2) is 45.7 Å². The molecular formula is C14H14ClNO4. The number of aliphatic carboxylic acids is 1. The number of rotatable bonds is 3. The Hall–Kier alpha value is -1.85. The number of hydrogen-bond acceptors (Lipinski definition) is 3. The predicted octanol–water partition coefficient (Wildman–Crippen LogP) is 1.40. The van der Waals surface area contributed by atoms with Crippen molar-refractivity contribution in [1.29, 1.82) is 0 Å². The van der Waals surface area contributed by atoms with Gasteiger partial charge in [-0.1, -0.05) is 29.8 Å². The van der Waals surface area contributed by atoms with E-state index in [-0.39, 0.29) is 13.0 Å². The predicted molar refractivity (Wildman–Crippen MR) is 74.2 cm³/mol. The highest BCUT2D eigenvalue weighted by atomic mass is 35.5. The molecule has 0 saturated carbocycles.